The molecule has 0 amide bonds. The predicted molar refractivity (Wildman–Crippen MR) is 54.8 cm³/mol. The van der Waals surface area contributed by atoms with Crippen molar-refractivity contribution in [2.45, 2.75) is 33.2 Å². The van der Waals surface area contributed by atoms with E-state index < -0.39 is 0 Å². The summed E-state index contributed by atoms with van der Waals surface area (Å²) in [6, 6.07) is 5.29. The Balaban J connectivity index is 2.46. The van der Waals surface area contributed by atoms with Gasteiger partial charge in [-0.1, -0.05) is 19.9 Å². The third-order valence-electron chi connectivity index (χ3n) is 2.08. The molecule has 1 rings (SSSR count). The van der Waals surface area contributed by atoms with Gasteiger partial charge in [-0.05, 0) is 24.8 Å². The molecule has 0 bridgehead atoms. The van der Waals surface area contributed by atoms with Crippen molar-refractivity contribution in [3.05, 3.63) is 34.7 Å². The third-order valence-corrected chi connectivity index (χ3v) is 2.08. The molecule has 72 valence electrons. The molecule has 0 N–H and O–H groups in total. The molecule has 0 aliphatic carbocycles. The number of rotatable bonds is 4. The topological polar surface area (TPSA) is 22.0 Å². The minimum Gasteiger partial charge on any atom is -0.316 e. The van der Waals surface area contributed by atoms with E-state index in [1.54, 1.807) is 16.7 Å². The van der Waals surface area contributed by atoms with Crippen LogP contribution in [0, 0.1) is 5.92 Å². The molecular formula is C11H17NO. The van der Waals surface area contributed by atoms with Crippen LogP contribution in [0.3, 0.4) is 0 Å². The van der Waals surface area contributed by atoms with Crippen molar-refractivity contribution in [3.8, 4) is 0 Å². The molecule has 0 saturated heterocycles. The predicted octanol–water partition coefficient (Wildman–Crippen LogP) is 2.28. The molecule has 13 heavy (non-hydrogen) atoms. The minimum atomic E-state index is 0.103. The molecule has 1 aromatic rings. The van der Waals surface area contributed by atoms with Crippen LogP contribution in [0.15, 0.2) is 29.2 Å². The third kappa shape index (κ3) is 3.45. The standard InChI is InChI=1S/C11H17NO/c1-10(2)6-5-9-12-8-4-3-7-11(12)13/h3-4,7-8,10H,5-6,9H2,1-2H3. The van der Waals surface area contributed by atoms with Gasteiger partial charge in [-0.25, -0.2) is 0 Å². The molecule has 0 aliphatic heterocycles. The minimum absolute atomic E-state index is 0.103. The first-order valence-corrected chi connectivity index (χ1v) is 4.85. The van der Waals surface area contributed by atoms with Gasteiger partial charge in [0, 0.05) is 18.8 Å². The van der Waals surface area contributed by atoms with Gasteiger partial charge in [0.2, 0.25) is 5.56 Å². The number of hydrogen-bond acceptors (Lipinski definition) is 1. The Labute approximate surface area is 79.2 Å². The average Bonchev–Trinajstić information content (AvgIpc) is 2.08. The number of nitrogens with zero attached hydrogens (tertiary/aromatic N) is 1. The van der Waals surface area contributed by atoms with Crippen LogP contribution in [-0.4, -0.2) is 4.57 Å². The fourth-order valence-electron chi connectivity index (χ4n) is 1.32. The molecule has 0 aliphatic rings. The maximum absolute atomic E-state index is 11.3. The van der Waals surface area contributed by atoms with Crippen LogP contribution in [-0.2, 0) is 6.54 Å². The van der Waals surface area contributed by atoms with Crippen molar-refractivity contribution in [1.82, 2.24) is 4.57 Å². The maximum atomic E-state index is 11.3. The van der Waals surface area contributed by atoms with E-state index in [0.717, 1.165) is 18.9 Å². The summed E-state index contributed by atoms with van der Waals surface area (Å²) in [7, 11) is 0. The molecule has 2 heteroatoms. The van der Waals surface area contributed by atoms with Gasteiger partial charge in [0.05, 0.1) is 0 Å². The van der Waals surface area contributed by atoms with Crippen molar-refractivity contribution in [3.63, 3.8) is 0 Å². The van der Waals surface area contributed by atoms with Crippen LogP contribution < -0.4 is 5.56 Å². The number of pyridine rings is 1. The molecule has 0 saturated carbocycles. The van der Waals surface area contributed by atoms with Crippen molar-refractivity contribution in [2.75, 3.05) is 0 Å². The van der Waals surface area contributed by atoms with Crippen LogP contribution in [0.25, 0.3) is 0 Å². The second kappa shape index (κ2) is 4.85. The lowest BCUT2D eigenvalue weighted by molar-refractivity contribution is 0.506. The van der Waals surface area contributed by atoms with E-state index in [9.17, 15) is 4.79 Å². The summed E-state index contributed by atoms with van der Waals surface area (Å²) in [5.74, 6) is 0.722. The van der Waals surface area contributed by atoms with Crippen molar-refractivity contribution in [1.29, 1.82) is 0 Å². The van der Waals surface area contributed by atoms with Crippen molar-refractivity contribution in [2.24, 2.45) is 5.92 Å². The van der Waals surface area contributed by atoms with Gasteiger partial charge in [-0.15, -0.1) is 0 Å². The maximum Gasteiger partial charge on any atom is 0.250 e. The van der Waals surface area contributed by atoms with Gasteiger partial charge in [-0.3, -0.25) is 4.79 Å². The quantitative estimate of drug-likeness (QED) is 0.695. The Kier molecular flexibility index (Phi) is 3.74. The second-order valence-electron chi connectivity index (χ2n) is 3.77. The van der Waals surface area contributed by atoms with E-state index in [1.807, 2.05) is 12.3 Å². The SMILES string of the molecule is CC(C)CCCn1ccccc1=O. The largest absolute Gasteiger partial charge is 0.316 e. The first-order chi connectivity index (χ1) is 6.20. The van der Waals surface area contributed by atoms with Gasteiger partial charge in [0.15, 0.2) is 0 Å². The summed E-state index contributed by atoms with van der Waals surface area (Å²) in [5, 5.41) is 0. The van der Waals surface area contributed by atoms with E-state index in [-0.39, 0.29) is 5.56 Å². The summed E-state index contributed by atoms with van der Waals surface area (Å²) in [4.78, 5) is 11.3. The molecule has 1 aromatic heterocycles. The van der Waals surface area contributed by atoms with Crippen LogP contribution in [0.1, 0.15) is 26.7 Å². The Hall–Kier alpha value is -1.05. The molecule has 0 radical (unpaired) electrons. The molecule has 0 unspecified atom stereocenters. The zero-order valence-electron chi connectivity index (χ0n) is 8.36. The Bertz CT molecular complexity index is 301. The second-order valence-corrected chi connectivity index (χ2v) is 3.77. The summed E-state index contributed by atoms with van der Waals surface area (Å²) < 4.78 is 1.77. The molecule has 2 nitrogen and oxygen atoms in total. The van der Waals surface area contributed by atoms with Crippen molar-refractivity contribution < 1.29 is 0 Å². The van der Waals surface area contributed by atoms with Gasteiger partial charge >= 0.3 is 0 Å². The van der Waals surface area contributed by atoms with Gasteiger partial charge in [0.1, 0.15) is 0 Å². The summed E-state index contributed by atoms with van der Waals surface area (Å²) in [6.45, 7) is 5.25. The number of hydrogen-bond donors (Lipinski definition) is 0. The number of aromatic nitrogens is 1. The molecule has 0 atom stereocenters. The summed E-state index contributed by atoms with van der Waals surface area (Å²) in [6.07, 6.45) is 4.12. The Morgan fingerprint density at radius 1 is 1.38 bits per heavy atom. The van der Waals surface area contributed by atoms with E-state index >= 15 is 0 Å². The van der Waals surface area contributed by atoms with Gasteiger partial charge in [-0.2, -0.15) is 0 Å². The van der Waals surface area contributed by atoms with E-state index in [4.69, 9.17) is 0 Å². The highest BCUT2D eigenvalue weighted by Gasteiger charge is 1.96. The Morgan fingerprint density at radius 3 is 2.77 bits per heavy atom. The fourth-order valence-corrected chi connectivity index (χ4v) is 1.32. The molecule has 0 aromatic carbocycles. The first-order valence-electron chi connectivity index (χ1n) is 4.85. The lowest BCUT2D eigenvalue weighted by atomic mass is 10.1. The molecule has 0 fully saturated rings. The van der Waals surface area contributed by atoms with Crippen LogP contribution >= 0.6 is 0 Å². The molecule has 1 heterocycles. The van der Waals surface area contributed by atoms with E-state index in [0.29, 0.717) is 0 Å². The normalized spacial score (nSPS) is 10.7. The van der Waals surface area contributed by atoms with Crippen LogP contribution in [0.4, 0.5) is 0 Å². The van der Waals surface area contributed by atoms with E-state index in [1.165, 1.54) is 6.42 Å². The average molecular weight is 179 g/mol. The van der Waals surface area contributed by atoms with Gasteiger partial charge in [0.25, 0.3) is 0 Å². The van der Waals surface area contributed by atoms with E-state index in [2.05, 4.69) is 13.8 Å². The Morgan fingerprint density at radius 2 is 2.15 bits per heavy atom. The first kappa shape index (κ1) is 10.0. The smallest absolute Gasteiger partial charge is 0.250 e. The molecule has 0 spiro atoms. The monoisotopic (exact) mass is 179 g/mol. The highest BCUT2D eigenvalue weighted by Crippen LogP contribution is 2.03. The number of aryl methyl sites for hydroxylation is 1. The zero-order chi connectivity index (χ0) is 9.68. The van der Waals surface area contributed by atoms with Crippen LogP contribution in [0.2, 0.25) is 0 Å². The van der Waals surface area contributed by atoms with Crippen LogP contribution in [0.5, 0.6) is 0 Å². The lowest BCUT2D eigenvalue weighted by Gasteiger charge is -2.06. The van der Waals surface area contributed by atoms with Crippen molar-refractivity contribution >= 4 is 0 Å². The highest BCUT2D eigenvalue weighted by atomic mass is 16.1. The zero-order valence-corrected chi connectivity index (χ0v) is 8.36. The summed E-state index contributed by atoms with van der Waals surface area (Å²) >= 11 is 0. The molecular weight excluding hydrogens is 162 g/mol. The highest BCUT2D eigenvalue weighted by molar-refractivity contribution is 4.92. The summed E-state index contributed by atoms with van der Waals surface area (Å²) in [5.41, 5.74) is 0.103. The fraction of sp³-hybridized carbons (Fsp3) is 0.545. The van der Waals surface area contributed by atoms with Gasteiger partial charge < -0.3 is 4.57 Å². The lowest BCUT2D eigenvalue weighted by Crippen LogP contribution is -2.17.